The number of nitrogens with one attached hydrogen (secondary N) is 1. The second-order valence-corrected chi connectivity index (χ2v) is 5.75. The van der Waals surface area contributed by atoms with Gasteiger partial charge in [-0.2, -0.15) is 0 Å². The van der Waals surface area contributed by atoms with Crippen LogP contribution < -0.4 is 5.32 Å². The molecule has 2 amide bonds. The highest BCUT2D eigenvalue weighted by molar-refractivity contribution is 5.75. The molecular weight excluding hydrogens is 244 g/mol. The quantitative estimate of drug-likeness (QED) is 0.806. The number of hydrogen-bond acceptors (Lipinski definition) is 2. The Morgan fingerprint density at radius 3 is 2.21 bits per heavy atom. The Bertz CT molecular complexity index is 325. The minimum atomic E-state index is -0.733. The Balaban J connectivity index is 1.78. The number of urea groups is 1. The van der Waals surface area contributed by atoms with Crippen LogP contribution in [0.2, 0.25) is 0 Å². The number of hydrogen-bond donors (Lipinski definition) is 2. The number of carbonyl (C=O) groups excluding carboxylic acids is 1. The average molecular weight is 268 g/mol. The molecule has 1 heterocycles. The van der Waals surface area contributed by atoms with Crippen LogP contribution in [-0.2, 0) is 4.79 Å². The van der Waals surface area contributed by atoms with E-state index in [2.05, 4.69) is 5.32 Å². The predicted molar refractivity (Wildman–Crippen MR) is 72.0 cm³/mol. The van der Waals surface area contributed by atoms with Crippen molar-refractivity contribution in [3.63, 3.8) is 0 Å². The fraction of sp³-hybridized carbons (Fsp3) is 0.857. The molecule has 0 unspecified atom stereocenters. The first-order chi connectivity index (χ1) is 9.16. The zero-order valence-corrected chi connectivity index (χ0v) is 11.4. The van der Waals surface area contributed by atoms with E-state index in [-0.39, 0.29) is 18.0 Å². The number of nitrogens with zero attached hydrogens (tertiary/aromatic N) is 1. The second kappa shape index (κ2) is 6.78. The lowest BCUT2D eigenvalue weighted by molar-refractivity contribution is -0.141. The van der Waals surface area contributed by atoms with Gasteiger partial charge in [0.15, 0.2) is 0 Å². The van der Waals surface area contributed by atoms with Crippen molar-refractivity contribution in [1.82, 2.24) is 10.2 Å². The van der Waals surface area contributed by atoms with Gasteiger partial charge in [0.1, 0.15) is 0 Å². The van der Waals surface area contributed by atoms with Gasteiger partial charge in [0.25, 0.3) is 0 Å². The summed E-state index contributed by atoms with van der Waals surface area (Å²) in [5, 5.41) is 12.0. The summed E-state index contributed by atoms with van der Waals surface area (Å²) in [4.78, 5) is 25.0. The number of aliphatic carboxylic acids is 1. The van der Waals surface area contributed by atoms with Crippen LogP contribution in [0.3, 0.4) is 0 Å². The van der Waals surface area contributed by atoms with Crippen LogP contribution in [0.4, 0.5) is 4.79 Å². The molecule has 0 bridgehead atoms. The van der Waals surface area contributed by atoms with E-state index in [4.69, 9.17) is 5.11 Å². The molecule has 5 heteroatoms. The van der Waals surface area contributed by atoms with Crippen molar-refractivity contribution in [2.45, 2.75) is 57.4 Å². The Kier molecular flexibility index (Phi) is 5.05. The minimum absolute atomic E-state index is 0.00191. The summed E-state index contributed by atoms with van der Waals surface area (Å²) in [5.74, 6) is -1.01. The van der Waals surface area contributed by atoms with Gasteiger partial charge in [-0.05, 0) is 32.1 Å². The number of carboxylic acids is 1. The van der Waals surface area contributed by atoms with Crippen molar-refractivity contribution in [3.05, 3.63) is 0 Å². The highest BCUT2D eigenvalue weighted by Crippen LogP contribution is 2.25. The molecule has 0 aromatic carbocycles. The maximum absolute atomic E-state index is 12.2. The van der Waals surface area contributed by atoms with E-state index >= 15 is 0 Å². The van der Waals surface area contributed by atoms with Crippen LogP contribution >= 0.6 is 0 Å². The van der Waals surface area contributed by atoms with Crippen LogP contribution in [0, 0.1) is 5.92 Å². The summed E-state index contributed by atoms with van der Waals surface area (Å²) in [7, 11) is 0. The third kappa shape index (κ3) is 4.11. The van der Waals surface area contributed by atoms with Gasteiger partial charge < -0.3 is 15.3 Å². The van der Waals surface area contributed by atoms with Crippen LogP contribution in [0.1, 0.15) is 51.4 Å². The third-order valence-electron chi connectivity index (χ3n) is 4.25. The van der Waals surface area contributed by atoms with E-state index in [0.717, 1.165) is 32.4 Å². The van der Waals surface area contributed by atoms with E-state index in [1.54, 1.807) is 0 Å². The van der Waals surface area contributed by atoms with Gasteiger partial charge in [-0.1, -0.05) is 19.3 Å². The van der Waals surface area contributed by atoms with Crippen molar-refractivity contribution in [2.75, 3.05) is 13.1 Å². The first-order valence-electron chi connectivity index (χ1n) is 7.45. The average Bonchev–Trinajstić information content (AvgIpc) is 2.76. The predicted octanol–water partition coefficient (Wildman–Crippen LogP) is 2.22. The summed E-state index contributed by atoms with van der Waals surface area (Å²) >= 11 is 0. The summed E-state index contributed by atoms with van der Waals surface area (Å²) in [5.41, 5.74) is 0. The van der Waals surface area contributed by atoms with E-state index in [9.17, 15) is 9.59 Å². The van der Waals surface area contributed by atoms with Gasteiger partial charge in [0, 0.05) is 19.1 Å². The van der Waals surface area contributed by atoms with Crippen LogP contribution in [0.15, 0.2) is 0 Å². The van der Waals surface area contributed by atoms with E-state index < -0.39 is 5.97 Å². The fourth-order valence-corrected chi connectivity index (χ4v) is 3.05. The lowest BCUT2D eigenvalue weighted by atomic mass is 10.1. The molecule has 1 aliphatic heterocycles. The number of likely N-dealkylation sites (tertiary alicyclic amines) is 1. The standard InChI is InChI=1S/C14H24N2O3/c17-13(18)11-6-7-12(10-11)15-14(19)16-8-4-2-1-3-5-9-16/h11-12H,1-10H2,(H,15,19)(H,17,18)/t11-,12+/m1/s1. The molecule has 1 aliphatic carbocycles. The smallest absolute Gasteiger partial charge is 0.317 e. The van der Waals surface area contributed by atoms with Crippen molar-refractivity contribution in [1.29, 1.82) is 0 Å². The van der Waals surface area contributed by atoms with Gasteiger partial charge in [-0.3, -0.25) is 4.79 Å². The number of rotatable bonds is 2. The second-order valence-electron chi connectivity index (χ2n) is 5.75. The van der Waals surface area contributed by atoms with Gasteiger partial charge >= 0.3 is 12.0 Å². The SMILES string of the molecule is O=C(O)[C@@H]1CC[C@H](NC(=O)N2CCCCCCC2)C1. The molecule has 2 rings (SSSR count). The minimum Gasteiger partial charge on any atom is -0.481 e. The van der Waals surface area contributed by atoms with Gasteiger partial charge in [-0.25, -0.2) is 4.79 Å². The third-order valence-corrected chi connectivity index (χ3v) is 4.25. The summed E-state index contributed by atoms with van der Waals surface area (Å²) in [6.07, 6.45) is 7.89. The molecule has 2 N–H and O–H groups in total. The topological polar surface area (TPSA) is 69.6 Å². The summed E-state index contributed by atoms with van der Waals surface area (Å²) in [6.45, 7) is 1.67. The lowest BCUT2D eigenvalue weighted by Gasteiger charge is -2.26. The molecule has 2 aliphatic rings. The van der Waals surface area contributed by atoms with E-state index in [1.807, 2.05) is 4.90 Å². The van der Waals surface area contributed by atoms with Crippen LogP contribution in [0.5, 0.6) is 0 Å². The molecular formula is C14H24N2O3. The molecule has 108 valence electrons. The fourth-order valence-electron chi connectivity index (χ4n) is 3.05. The van der Waals surface area contributed by atoms with Crippen LogP contribution in [-0.4, -0.2) is 41.1 Å². The summed E-state index contributed by atoms with van der Waals surface area (Å²) in [6, 6.07) is 0.0389. The Labute approximate surface area is 114 Å². The van der Waals surface area contributed by atoms with Crippen molar-refractivity contribution >= 4 is 12.0 Å². The number of carboxylic acid groups (broad SMARTS) is 1. The monoisotopic (exact) mass is 268 g/mol. The van der Waals surface area contributed by atoms with Gasteiger partial charge in [-0.15, -0.1) is 0 Å². The Morgan fingerprint density at radius 1 is 1.00 bits per heavy atom. The zero-order chi connectivity index (χ0) is 13.7. The molecule has 2 fully saturated rings. The van der Waals surface area contributed by atoms with E-state index in [1.165, 1.54) is 19.3 Å². The normalized spacial score (nSPS) is 28.5. The van der Waals surface area contributed by atoms with Crippen LogP contribution in [0.25, 0.3) is 0 Å². The van der Waals surface area contributed by atoms with E-state index in [0.29, 0.717) is 12.8 Å². The molecule has 1 saturated carbocycles. The van der Waals surface area contributed by atoms with Crippen molar-refractivity contribution in [2.24, 2.45) is 5.92 Å². The van der Waals surface area contributed by atoms with Gasteiger partial charge in [0.2, 0.25) is 0 Å². The van der Waals surface area contributed by atoms with Crippen molar-refractivity contribution < 1.29 is 14.7 Å². The molecule has 1 saturated heterocycles. The molecule has 2 atom stereocenters. The lowest BCUT2D eigenvalue weighted by Crippen LogP contribution is -2.45. The number of amides is 2. The van der Waals surface area contributed by atoms with Gasteiger partial charge in [0.05, 0.1) is 5.92 Å². The highest BCUT2D eigenvalue weighted by atomic mass is 16.4. The molecule has 0 spiro atoms. The first kappa shape index (κ1) is 14.2. The highest BCUT2D eigenvalue weighted by Gasteiger charge is 2.31. The zero-order valence-electron chi connectivity index (χ0n) is 11.4. The maximum Gasteiger partial charge on any atom is 0.317 e. The largest absolute Gasteiger partial charge is 0.481 e. The molecule has 19 heavy (non-hydrogen) atoms. The molecule has 0 aromatic heterocycles. The summed E-state index contributed by atoms with van der Waals surface area (Å²) < 4.78 is 0. The molecule has 0 radical (unpaired) electrons. The Hall–Kier alpha value is -1.26. The molecule has 0 aromatic rings. The first-order valence-corrected chi connectivity index (χ1v) is 7.45. The Morgan fingerprint density at radius 2 is 1.63 bits per heavy atom. The maximum atomic E-state index is 12.2. The number of carbonyl (C=O) groups is 2. The van der Waals surface area contributed by atoms with Crippen molar-refractivity contribution in [3.8, 4) is 0 Å². The molecule has 5 nitrogen and oxygen atoms in total.